The first-order chi connectivity index (χ1) is 12.8. The second-order valence-corrected chi connectivity index (χ2v) is 6.30. The highest BCUT2D eigenvalue weighted by molar-refractivity contribution is 6.32. The number of halogens is 4. The highest BCUT2D eigenvalue weighted by Crippen LogP contribution is 2.36. The van der Waals surface area contributed by atoms with Gasteiger partial charge in [-0.25, -0.2) is 0 Å². The van der Waals surface area contributed by atoms with Crippen LogP contribution in [0.3, 0.4) is 0 Å². The Labute approximate surface area is 158 Å². The summed E-state index contributed by atoms with van der Waals surface area (Å²) in [5.74, 6) is -0.544. The normalized spacial score (nSPS) is 11.7. The molecular formula is C19H16ClF3N2O2. The van der Waals surface area contributed by atoms with Gasteiger partial charge in [0, 0.05) is 23.9 Å². The van der Waals surface area contributed by atoms with Crippen LogP contribution in [-0.2, 0) is 19.3 Å². The topological polar surface area (TPSA) is 54.3 Å². The molecule has 8 heteroatoms. The van der Waals surface area contributed by atoms with Crippen molar-refractivity contribution in [1.82, 2.24) is 9.88 Å². The highest BCUT2D eigenvalue weighted by Gasteiger charge is 2.33. The van der Waals surface area contributed by atoms with E-state index in [-0.39, 0.29) is 23.7 Å². The molecule has 0 atom stereocenters. The van der Waals surface area contributed by atoms with Crippen molar-refractivity contribution in [2.24, 2.45) is 0 Å². The van der Waals surface area contributed by atoms with E-state index in [0.29, 0.717) is 17.3 Å². The molecule has 0 aliphatic carbocycles. The molecule has 2 N–H and O–H groups in total. The number of hydrogen-bond donors (Lipinski definition) is 2. The van der Waals surface area contributed by atoms with E-state index in [1.807, 2.05) is 0 Å². The molecule has 1 heterocycles. The summed E-state index contributed by atoms with van der Waals surface area (Å²) in [7, 11) is 0. The number of fused-ring (bicyclic) bond motifs is 1. The molecule has 0 radical (unpaired) electrons. The standard InChI is InChI=1S/C19H16ClF3N2O2/c1-2-25-16(12-7-3-4-8-13(12)18(25)27)17(26)24-10-11-6-5-9-14(15(11)20)19(21,22)23/h3-9,27H,2,10H2,1H3,(H,24,26). The third-order valence-corrected chi connectivity index (χ3v) is 4.75. The van der Waals surface area contributed by atoms with Gasteiger partial charge in [0.1, 0.15) is 5.69 Å². The van der Waals surface area contributed by atoms with Gasteiger partial charge in [-0.05, 0) is 24.6 Å². The molecule has 0 saturated carbocycles. The van der Waals surface area contributed by atoms with Gasteiger partial charge in [-0.3, -0.25) is 4.79 Å². The fraction of sp³-hybridized carbons (Fsp3) is 0.211. The van der Waals surface area contributed by atoms with E-state index in [2.05, 4.69) is 5.32 Å². The zero-order valence-electron chi connectivity index (χ0n) is 14.3. The van der Waals surface area contributed by atoms with Crippen molar-refractivity contribution in [2.75, 3.05) is 0 Å². The number of nitrogens with one attached hydrogen (secondary N) is 1. The molecule has 27 heavy (non-hydrogen) atoms. The minimum absolute atomic E-state index is 0.0321. The number of carbonyl (C=O) groups is 1. The molecule has 3 aromatic rings. The Morgan fingerprint density at radius 3 is 2.44 bits per heavy atom. The van der Waals surface area contributed by atoms with Crippen molar-refractivity contribution in [3.8, 4) is 5.88 Å². The fourth-order valence-corrected chi connectivity index (χ4v) is 3.33. The van der Waals surface area contributed by atoms with Gasteiger partial charge in [0.25, 0.3) is 5.91 Å². The maximum atomic E-state index is 13.0. The van der Waals surface area contributed by atoms with Gasteiger partial charge in [0.2, 0.25) is 0 Å². The lowest BCUT2D eigenvalue weighted by Gasteiger charge is -2.13. The number of carbonyl (C=O) groups excluding carboxylic acids is 1. The second kappa shape index (κ2) is 7.15. The highest BCUT2D eigenvalue weighted by atomic mass is 35.5. The number of alkyl halides is 3. The molecule has 142 valence electrons. The first-order valence-corrected chi connectivity index (χ1v) is 8.56. The van der Waals surface area contributed by atoms with E-state index in [1.54, 1.807) is 31.2 Å². The molecule has 1 aromatic heterocycles. The third kappa shape index (κ3) is 3.47. The molecule has 0 unspecified atom stereocenters. The van der Waals surface area contributed by atoms with Crippen LogP contribution in [0.2, 0.25) is 5.02 Å². The van der Waals surface area contributed by atoms with E-state index in [0.717, 1.165) is 6.07 Å². The van der Waals surface area contributed by atoms with Crippen molar-refractivity contribution in [2.45, 2.75) is 26.2 Å². The average molecular weight is 397 g/mol. The summed E-state index contributed by atoms with van der Waals surface area (Å²) in [6, 6.07) is 10.4. The number of rotatable bonds is 4. The Balaban J connectivity index is 1.91. The summed E-state index contributed by atoms with van der Waals surface area (Å²) < 4.78 is 40.3. The number of benzene rings is 2. The zero-order chi connectivity index (χ0) is 19.8. The van der Waals surface area contributed by atoms with Gasteiger partial charge in [-0.15, -0.1) is 0 Å². The fourth-order valence-electron chi connectivity index (χ4n) is 3.03. The number of aromatic hydroxyl groups is 1. The maximum Gasteiger partial charge on any atom is 0.417 e. The van der Waals surface area contributed by atoms with Gasteiger partial charge in [-0.1, -0.05) is 41.9 Å². The van der Waals surface area contributed by atoms with Crippen molar-refractivity contribution in [3.05, 3.63) is 64.3 Å². The van der Waals surface area contributed by atoms with Gasteiger partial charge in [0.05, 0.1) is 10.6 Å². The first-order valence-electron chi connectivity index (χ1n) is 8.18. The van der Waals surface area contributed by atoms with E-state index >= 15 is 0 Å². The average Bonchev–Trinajstić information content (AvgIpc) is 2.92. The quantitative estimate of drug-likeness (QED) is 0.654. The smallest absolute Gasteiger partial charge is 0.417 e. The lowest BCUT2D eigenvalue weighted by atomic mass is 10.1. The molecule has 3 rings (SSSR count). The number of hydrogen-bond acceptors (Lipinski definition) is 2. The molecule has 0 bridgehead atoms. The predicted octanol–water partition coefficient (Wildman–Crippen LogP) is 4.97. The van der Waals surface area contributed by atoms with Crippen LogP contribution in [-0.4, -0.2) is 15.6 Å². The largest absolute Gasteiger partial charge is 0.494 e. The van der Waals surface area contributed by atoms with E-state index < -0.39 is 22.7 Å². The Bertz CT molecular complexity index is 1010. The summed E-state index contributed by atoms with van der Waals surface area (Å²) in [6.07, 6.45) is -4.57. The summed E-state index contributed by atoms with van der Waals surface area (Å²) in [5.41, 5.74) is -0.549. The molecule has 1 amide bonds. The van der Waals surface area contributed by atoms with Gasteiger partial charge < -0.3 is 15.0 Å². The maximum absolute atomic E-state index is 13.0. The van der Waals surface area contributed by atoms with Gasteiger partial charge in [0.15, 0.2) is 5.88 Å². The Hall–Kier alpha value is -2.67. The summed E-state index contributed by atoms with van der Waals surface area (Å²) in [5, 5.41) is 13.6. The van der Waals surface area contributed by atoms with E-state index in [1.165, 1.54) is 16.7 Å². The number of aromatic nitrogens is 1. The van der Waals surface area contributed by atoms with Crippen LogP contribution >= 0.6 is 11.6 Å². The first kappa shape index (κ1) is 19.1. The van der Waals surface area contributed by atoms with Crippen molar-refractivity contribution in [1.29, 1.82) is 0 Å². The Kier molecular flexibility index (Phi) is 5.06. The molecule has 0 fully saturated rings. The van der Waals surface area contributed by atoms with Crippen LogP contribution in [0.15, 0.2) is 42.5 Å². The van der Waals surface area contributed by atoms with Crippen LogP contribution in [0.1, 0.15) is 28.5 Å². The van der Waals surface area contributed by atoms with Gasteiger partial charge >= 0.3 is 6.18 Å². The van der Waals surface area contributed by atoms with Crippen molar-refractivity contribution >= 4 is 28.3 Å². The van der Waals surface area contributed by atoms with E-state index in [4.69, 9.17) is 11.6 Å². The van der Waals surface area contributed by atoms with Crippen molar-refractivity contribution < 1.29 is 23.1 Å². The molecule has 0 spiro atoms. The predicted molar refractivity (Wildman–Crippen MR) is 96.9 cm³/mol. The summed E-state index contributed by atoms with van der Waals surface area (Å²) in [6.45, 7) is 1.96. The van der Waals surface area contributed by atoms with Gasteiger partial charge in [-0.2, -0.15) is 13.2 Å². The van der Waals surface area contributed by atoms with Crippen LogP contribution in [0.4, 0.5) is 13.2 Å². The SMILES string of the molecule is CCn1c(O)c2ccccc2c1C(=O)NCc1cccc(C(F)(F)F)c1Cl. The van der Waals surface area contributed by atoms with Crippen LogP contribution in [0.5, 0.6) is 5.88 Å². The van der Waals surface area contributed by atoms with E-state index in [9.17, 15) is 23.1 Å². The summed E-state index contributed by atoms with van der Waals surface area (Å²) >= 11 is 5.86. The van der Waals surface area contributed by atoms with Crippen LogP contribution in [0.25, 0.3) is 10.8 Å². The molecule has 4 nitrogen and oxygen atoms in total. The minimum atomic E-state index is -4.57. The third-order valence-electron chi connectivity index (χ3n) is 4.30. The summed E-state index contributed by atoms with van der Waals surface area (Å²) in [4.78, 5) is 12.7. The minimum Gasteiger partial charge on any atom is -0.494 e. The molecule has 2 aromatic carbocycles. The molecule has 0 aliphatic rings. The zero-order valence-corrected chi connectivity index (χ0v) is 15.0. The monoisotopic (exact) mass is 396 g/mol. The van der Waals surface area contributed by atoms with Crippen LogP contribution in [0, 0.1) is 0 Å². The Morgan fingerprint density at radius 1 is 1.15 bits per heavy atom. The second-order valence-electron chi connectivity index (χ2n) is 5.92. The number of amides is 1. The number of nitrogens with zero attached hydrogens (tertiary/aromatic N) is 1. The lowest BCUT2D eigenvalue weighted by Crippen LogP contribution is -2.26. The lowest BCUT2D eigenvalue weighted by molar-refractivity contribution is -0.137. The van der Waals surface area contributed by atoms with Crippen molar-refractivity contribution in [3.63, 3.8) is 0 Å². The Morgan fingerprint density at radius 2 is 1.81 bits per heavy atom. The molecular weight excluding hydrogens is 381 g/mol. The molecule has 0 aliphatic heterocycles. The molecule has 0 saturated heterocycles. The van der Waals surface area contributed by atoms with Crippen LogP contribution < -0.4 is 5.32 Å².